The fourth-order valence-electron chi connectivity index (χ4n) is 0.315. The molecular weight excluding hydrogens is 174 g/mol. The largest absolute Gasteiger partial charge is 0.264 e. The van der Waals surface area contributed by atoms with E-state index in [0.717, 1.165) is 0 Å². The molecule has 0 aromatic carbocycles. The quantitative estimate of drug-likeness (QED) is 0.376. The fraction of sp³-hybridized carbons (Fsp3) is 1.00. The summed E-state index contributed by atoms with van der Waals surface area (Å²) in [5.41, 5.74) is 0. The normalized spacial score (nSPS) is 13.2. The van der Waals surface area contributed by atoms with Gasteiger partial charge in [0.1, 0.15) is 0 Å². The van der Waals surface area contributed by atoms with Gasteiger partial charge in [-0.25, -0.2) is 0 Å². The molecule has 0 heterocycles. The predicted molar refractivity (Wildman–Crippen MR) is 34.9 cm³/mol. The van der Waals surface area contributed by atoms with E-state index >= 15 is 0 Å². The van der Waals surface area contributed by atoms with Gasteiger partial charge >= 0.3 is 0 Å². The molecule has 0 spiro atoms. The van der Waals surface area contributed by atoms with Gasteiger partial charge in [-0.1, -0.05) is 22.9 Å². The Morgan fingerprint density at radius 3 is 2.38 bits per heavy atom. The number of alkyl halides is 1. The molecule has 0 fully saturated rings. The van der Waals surface area contributed by atoms with Gasteiger partial charge < -0.3 is 0 Å². The van der Waals surface area contributed by atoms with Crippen molar-refractivity contribution in [1.82, 2.24) is 0 Å². The Morgan fingerprint density at radius 2 is 2.38 bits per heavy atom. The summed E-state index contributed by atoms with van der Waals surface area (Å²) in [5.74, 6) is 0. The standard InChI is InChI=1S/C4H8BrNO2/c1-2-4(3-5)6(7)8/h4H,2-3H2,1H3. The summed E-state index contributed by atoms with van der Waals surface area (Å²) < 4.78 is 0. The minimum atomic E-state index is -0.407. The molecule has 0 N–H and O–H groups in total. The molecule has 3 nitrogen and oxygen atoms in total. The van der Waals surface area contributed by atoms with Crippen molar-refractivity contribution < 1.29 is 4.92 Å². The third kappa shape index (κ3) is 2.26. The van der Waals surface area contributed by atoms with E-state index in [-0.39, 0.29) is 4.92 Å². The number of nitrogens with zero attached hydrogens (tertiary/aromatic N) is 1. The van der Waals surface area contributed by atoms with Crippen LogP contribution in [0.25, 0.3) is 0 Å². The Balaban J connectivity index is 3.52. The molecule has 1 atom stereocenters. The molecule has 0 aliphatic heterocycles. The minimum Gasteiger partial charge on any atom is -0.264 e. The Kier molecular flexibility index (Phi) is 3.77. The molecule has 0 aliphatic rings. The maximum Gasteiger partial charge on any atom is 0.222 e. The predicted octanol–water partition coefficient (Wildman–Crippen LogP) is 1.44. The molecule has 0 saturated heterocycles. The van der Waals surface area contributed by atoms with Crippen LogP contribution in [0, 0.1) is 10.1 Å². The van der Waals surface area contributed by atoms with Crippen molar-refractivity contribution in [2.75, 3.05) is 5.33 Å². The van der Waals surface area contributed by atoms with E-state index < -0.39 is 6.04 Å². The zero-order chi connectivity index (χ0) is 6.57. The Hall–Kier alpha value is -0.120. The second-order valence-corrected chi connectivity index (χ2v) is 2.15. The van der Waals surface area contributed by atoms with Crippen LogP contribution in [-0.4, -0.2) is 16.3 Å². The van der Waals surface area contributed by atoms with E-state index in [1.807, 2.05) is 0 Å². The molecule has 0 aromatic rings. The molecule has 0 bridgehead atoms. The van der Waals surface area contributed by atoms with Crippen molar-refractivity contribution in [1.29, 1.82) is 0 Å². The van der Waals surface area contributed by atoms with Gasteiger partial charge in [-0.3, -0.25) is 10.1 Å². The maximum absolute atomic E-state index is 9.94. The van der Waals surface area contributed by atoms with E-state index in [2.05, 4.69) is 15.9 Å². The number of hydrogen-bond acceptors (Lipinski definition) is 2. The zero-order valence-electron chi connectivity index (χ0n) is 4.63. The summed E-state index contributed by atoms with van der Waals surface area (Å²) in [6.45, 7) is 1.80. The Labute approximate surface area is 56.4 Å². The van der Waals surface area contributed by atoms with Crippen LogP contribution in [0.1, 0.15) is 13.3 Å². The molecule has 0 aromatic heterocycles. The molecule has 0 amide bonds. The van der Waals surface area contributed by atoms with Gasteiger partial charge in [0.05, 0.1) is 5.33 Å². The van der Waals surface area contributed by atoms with Crippen molar-refractivity contribution in [3.8, 4) is 0 Å². The van der Waals surface area contributed by atoms with Crippen LogP contribution in [-0.2, 0) is 0 Å². The van der Waals surface area contributed by atoms with Crippen molar-refractivity contribution >= 4 is 15.9 Å². The molecule has 48 valence electrons. The second-order valence-electron chi connectivity index (χ2n) is 1.50. The number of hydrogen-bond donors (Lipinski definition) is 0. The summed E-state index contributed by atoms with van der Waals surface area (Å²) in [6, 6.07) is -0.407. The smallest absolute Gasteiger partial charge is 0.222 e. The monoisotopic (exact) mass is 181 g/mol. The third-order valence-electron chi connectivity index (χ3n) is 0.948. The number of halogens is 1. The molecule has 0 saturated carbocycles. The minimum absolute atomic E-state index is 0.269. The lowest BCUT2D eigenvalue weighted by Gasteiger charge is -1.98. The average molecular weight is 182 g/mol. The highest BCUT2D eigenvalue weighted by Gasteiger charge is 2.13. The van der Waals surface area contributed by atoms with Gasteiger partial charge in [0.15, 0.2) is 0 Å². The molecule has 0 radical (unpaired) electrons. The lowest BCUT2D eigenvalue weighted by molar-refractivity contribution is -0.516. The summed E-state index contributed by atoms with van der Waals surface area (Å²) in [4.78, 5) is 9.67. The van der Waals surface area contributed by atoms with Crippen LogP contribution < -0.4 is 0 Å². The second kappa shape index (κ2) is 3.83. The highest BCUT2D eigenvalue weighted by molar-refractivity contribution is 9.09. The summed E-state index contributed by atoms with van der Waals surface area (Å²) in [6.07, 6.45) is 0.595. The molecule has 0 aliphatic carbocycles. The van der Waals surface area contributed by atoms with Gasteiger partial charge in [0.25, 0.3) is 0 Å². The first kappa shape index (κ1) is 7.88. The van der Waals surface area contributed by atoms with E-state index in [0.29, 0.717) is 11.8 Å². The Morgan fingerprint density at radius 1 is 1.88 bits per heavy atom. The van der Waals surface area contributed by atoms with Crippen molar-refractivity contribution in [2.45, 2.75) is 19.4 Å². The van der Waals surface area contributed by atoms with E-state index in [1.165, 1.54) is 0 Å². The molecule has 1 unspecified atom stereocenters. The van der Waals surface area contributed by atoms with Crippen molar-refractivity contribution in [3.63, 3.8) is 0 Å². The summed E-state index contributed by atoms with van der Waals surface area (Å²) >= 11 is 3.03. The molecular formula is C4H8BrNO2. The summed E-state index contributed by atoms with van der Waals surface area (Å²) in [7, 11) is 0. The van der Waals surface area contributed by atoms with E-state index in [9.17, 15) is 10.1 Å². The van der Waals surface area contributed by atoms with Gasteiger partial charge in [-0.2, -0.15) is 0 Å². The topological polar surface area (TPSA) is 43.1 Å². The van der Waals surface area contributed by atoms with Gasteiger partial charge in [0, 0.05) is 11.3 Å². The van der Waals surface area contributed by atoms with Crippen LogP contribution in [0.15, 0.2) is 0 Å². The number of nitro groups is 1. The molecule has 4 heteroatoms. The zero-order valence-corrected chi connectivity index (χ0v) is 6.22. The molecule has 8 heavy (non-hydrogen) atoms. The van der Waals surface area contributed by atoms with Gasteiger partial charge in [-0.15, -0.1) is 0 Å². The molecule has 0 rings (SSSR count). The lowest BCUT2D eigenvalue weighted by Crippen LogP contribution is -2.19. The average Bonchev–Trinajstić information content (AvgIpc) is 1.69. The van der Waals surface area contributed by atoms with Gasteiger partial charge in [0.2, 0.25) is 6.04 Å². The van der Waals surface area contributed by atoms with Gasteiger partial charge in [-0.05, 0) is 0 Å². The van der Waals surface area contributed by atoms with Crippen LogP contribution in [0.3, 0.4) is 0 Å². The fourth-order valence-corrected chi connectivity index (χ4v) is 1.01. The highest BCUT2D eigenvalue weighted by Crippen LogP contribution is 1.98. The highest BCUT2D eigenvalue weighted by atomic mass is 79.9. The summed E-state index contributed by atoms with van der Waals surface area (Å²) in [5, 5.41) is 10.4. The SMILES string of the molecule is CCC(CBr)[N+](=O)[O-]. The van der Waals surface area contributed by atoms with Crippen molar-refractivity contribution in [2.24, 2.45) is 0 Å². The van der Waals surface area contributed by atoms with E-state index in [4.69, 9.17) is 0 Å². The third-order valence-corrected chi connectivity index (χ3v) is 1.69. The first-order chi connectivity index (χ1) is 3.72. The Bertz CT molecular complexity index is 82.1. The maximum atomic E-state index is 9.94. The first-order valence-corrected chi connectivity index (χ1v) is 3.54. The van der Waals surface area contributed by atoms with Crippen LogP contribution in [0.4, 0.5) is 0 Å². The number of rotatable bonds is 3. The van der Waals surface area contributed by atoms with Crippen LogP contribution in [0.5, 0.6) is 0 Å². The van der Waals surface area contributed by atoms with Crippen molar-refractivity contribution in [3.05, 3.63) is 10.1 Å². The van der Waals surface area contributed by atoms with E-state index in [1.54, 1.807) is 6.92 Å². The van der Waals surface area contributed by atoms with Crippen LogP contribution >= 0.6 is 15.9 Å². The first-order valence-electron chi connectivity index (χ1n) is 2.41. The van der Waals surface area contributed by atoms with Crippen LogP contribution in [0.2, 0.25) is 0 Å². The lowest BCUT2D eigenvalue weighted by atomic mass is 10.3.